The molecule has 0 saturated carbocycles. The molecule has 6 aromatic rings. The van der Waals surface area contributed by atoms with E-state index in [1.54, 1.807) is 0 Å². The summed E-state index contributed by atoms with van der Waals surface area (Å²) in [5.74, 6) is 0. The molecule has 0 fully saturated rings. The lowest BCUT2D eigenvalue weighted by molar-refractivity contribution is -0.660. The Morgan fingerprint density at radius 2 is 1.37 bits per heavy atom. The van der Waals surface area contributed by atoms with Crippen molar-refractivity contribution in [2.24, 2.45) is 12.5 Å². The Morgan fingerprint density at radius 3 is 2.02 bits per heavy atom. The van der Waals surface area contributed by atoms with Crippen LogP contribution in [-0.2, 0) is 13.5 Å². The van der Waals surface area contributed by atoms with Gasteiger partial charge in [0.05, 0.1) is 5.56 Å². The lowest BCUT2D eigenvalue weighted by Gasteiger charge is -2.18. The van der Waals surface area contributed by atoms with E-state index in [9.17, 15) is 5.26 Å². The molecular formula is C38H35N2O+. The van der Waals surface area contributed by atoms with E-state index in [1.165, 1.54) is 16.7 Å². The predicted molar refractivity (Wildman–Crippen MR) is 169 cm³/mol. The molecule has 4 aromatic carbocycles. The Morgan fingerprint density at radius 1 is 0.756 bits per heavy atom. The maximum atomic E-state index is 10.4. The maximum absolute atomic E-state index is 10.4. The van der Waals surface area contributed by atoms with Gasteiger partial charge in [0, 0.05) is 28.5 Å². The molecule has 0 saturated heterocycles. The Balaban J connectivity index is 1.50. The molecule has 0 radical (unpaired) electrons. The minimum Gasteiger partial charge on any atom is -0.454 e. The first-order valence-electron chi connectivity index (χ1n) is 14.2. The average Bonchev–Trinajstić information content (AvgIpc) is 3.32. The van der Waals surface area contributed by atoms with Gasteiger partial charge >= 0.3 is 0 Å². The second-order valence-corrected chi connectivity index (χ2v) is 12.4. The Labute approximate surface area is 242 Å². The Hall–Kier alpha value is -4.68. The quantitative estimate of drug-likeness (QED) is 0.211. The Bertz CT molecular complexity index is 1960. The number of pyridine rings is 1. The smallest absolute Gasteiger partial charge is 0.216 e. The van der Waals surface area contributed by atoms with E-state index in [1.807, 2.05) is 0 Å². The molecule has 3 heteroatoms. The second-order valence-electron chi connectivity index (χ2n) is 12.4. The highest BCUT2D eigenvalue weighted by Gasteiger charge is 2.24. The minimum atomic E-state index is 0.189. The molecular weight excluding hydrogens is 500 g/mol. The number of aryl methyl sites for hydroxylation is 3. The van der Waals surface area contributed by atoms with Crippen LogP contribution in [0.2, 0.25) is 0 Å². The molecule has 41 heavy (non-hydrogen) atoms. The third-order valence-corrected chi connectivity index (χ3v) is 7.92. The number of nitrogens with zero attached hydrogens (tertiary/aromatic N) is 2. The van der Waals surface area contributed by atoms with Crippen molar-refractivity contribution in [1.82, 2.24) is 0 Å². The predicted octanol–water partition coefficient (Wildman–Crippen LogP) is 9.49. The van der Waals surface area contributed by atoms with Gasteiger partial charge in [-0.1, -0.05) is 93.1 Å². The van der Waals surface area contributed by atoms with Crippen LogP contribution < -0.4 is 4.57 Å². The van der Waals surface area contributed by atoms with Crippen molar-refractivity contribution in [3.63, 3.8) is 0 Å². The van der Waals surface area contributed by atoms with Crippen molar-refractivity contribution < 1.29 is 8.98 Å². The summed E-state index contributed by atoms with van der Waals surface area (Å²) in [4.78, 5) is 0. The molecule has 0 amide bonds. The first-order chi connectivity index (χ1) is 19.6. The van der Waals surface area contributed by atoms with E-state index < -0.39 is 0 Å². The van der Waals surface area contributed by atoms with Crippen molar-refractivity contribution >= 4 is 21.9 Å². The molecule has 2 heterocycles. The Kier molecular flexibility index (Phi) is 6.51. The fourth-order valence-electron chi connectivity index (χ4n) is 5.84. The van der Waals surface area contributed by atoms with Gasteiger partial charge in [0.15, 0.2) is 11.8 Å². The molecule has 202 valence electrons. The number of hydrogen-bond donors (Lipinski definition) is 0. The van der Waals surface area contributed by atoms with Crippen LogP contribution >= 0.6 is 0 Å². The third kappa shape index (κ3) is 4.92. The topological polar surface area (TPSA) is 40.8 Å². The summed E-state index contributed by atoms with van der Waals surface area (Å²) in [6, 6.07) is 32.4. The average molecular weight is 536 g/mol. The van der Waals surface area contributed by atoms with Crippen LogP contribution in [0.3, 0.4) is 0 Å². The summed E-state index contributed by atoms with van der Waals surface area (Å²) in [6.07, 6.45) is 3.12. The summed E-state index contributed by atoms with van der Waals surface area (Å²) in [5, 5.41) is 12.4. The monoisotopic (exact) mass is 535 g/mol. The van der Waals surface area contributed by atoms with E-state index in [0.29, 0.717) is 11.1 Å². The molecule has 2 aromatic heterocycles. The molecule has 0 bridgehead atoms. The van der Waals surface area contributed by atoms with Crippen LogP contribution in [0.5, 0.6) is 0 Å². The highest BCUT2D eigenvalue weighted by atomic mass is 16.3. The van der Waals surface area contributed by atoms with Crippen LogP contribution in [0.25, 0.3) is 55.4 Å². The van der Waals surface area contributed by atoms with Gasteiger partial charge in [0.1, 0.15) is 24.3 Å². The molecule has 6 rings (SSSR count). The number of hydrogen-bond acceptors (Lipinski definition) is 2. The van der Waals surface area contributed by atoms with E-state index in [4.69, 9.17) is 4.42 Å². The number of furan rings is 1. The van der Waals surface area contributed by atoms with Crippen molar-refractivity contribution in [3.8, 4) is 39.6 Å². The zero-order chi connectivity index (χ0) is 28.9. The van der Waals surface area contributed by atoms with Gasteiger partial charge in [0.25, 0.3) is 0 Å². The number of fused-ring (bicyclic) bond motifs is 3. The molecule has 0 unspecified atom stereocenters. The van der Waals surface area contributed by atoms with Crippen molar-refractivity contribution in [2.45, 2.75) is 41.0 Å². The van der Waals surface area contributed by atoms with E-state index >= 15 is 0 Å². The summed E-state index contributed by atoms with van der Waals surface area (Å²) < 4.78 is 8.83. The zero-order valence-corrected chi connectivity index (χ0v) is 24.7. The SMILES string of the molecule is Cc1ccc(-c2ccc(-c3ccc4c(oc5c(-c6cc(CC(C)(C)C)cc[n+]6C)c(C)ccc54)c3C#N)cc2)cc1. The van der Waals surface area contributed by atoms with Gasteiger partial charge in [-0.2, -0.15) is 5.26 Å². The van der Waals surface area contributed by atoms with Gasteiger partial charge in [-0.15, -0.1) is 0 Å². The van der Waals surface area contributed by atoms with Crippen molar-refractivity contribution in [2.75, 3.05) is 0 Å². The lowest BCUT2D eigenvalue weighted by atomic mass is 9.87. The number of rotatable bonds is 4. The summed E-state index contributed by atoms with van der Waals surface area (Å²) in [6.45, 7) is 11.0. The lowest BCUT2D eigenvalue weighted by Crippen LogP contribution is -2.31. The molecule has 0 aliphatic rings. The van der Waals surface area contributed by atoms with E-state index in [2.05, 4.69) is 143 Å². The van der Waals surface area contributed by atoms with Crippen LogP contribution in [-0.4, -0.2) is 0 Å². The number of benzene rings is 4. The number of aromatic nitrogens is 1. The van der Waals surface area contributed by atoms with Crippen molar-refractivity contribution in [1.29, 1.82) is 5.26 Å². The first kappa shape index (κ1) is 26.5. The minimum absolute atomic E-state index is 0.189. The molecule has 0 N–H and O–H groups in total. The van der Waals surface area contributed by atoms with E-state index in [0.717, 1.165) is 56.3 Å². The second kappa shape index (κ2) is 10.1. The molecule has 0 aliphatic carbocycles. The zero-order valence-electron chi connectivity index (χ0n) is 24.7. The van der Waals surface area contributed by atoms with Crippen LogP contribution in [0, 0.1) is 30.6 Å². The van der Waals surface area contributed by atoms with Gasteiger partial charge in [0.2, 0.25) is 5.69 Å². The van der Waals surface area contributed by atoms with Gasteiger partial charge < -0.3 is 4.42 Å². The third-order valence-electron chi connectivity index (χ3n) is 7.92. The fourth-order valence-corrected chi connectivity index (χ4v) is 5.84. The fraction of sp³-hybridized carbons (Fsp3) is 0.211. The highest BCUT2D eigenvalue weighted by molar-refractivity contribution is 6.12. The molecule has 0 aliphatic heterocycles. The highest BCUT2D eigenvalue weighted by Crippen LogP contribution is 2.41. The maximum Gasteiger partial charge on any atom is 0.216 e. The largest absolute Gasteiger partial charge is 0.454 e. The van der Waals surface area contributed by atoms with Crippen LogP contribution in [0.4, 0.5) is 0 Å². The van der Waals surface area contributed by atoms with Crippen molar-refractivity contribution in [3.05, 3.63) is 113 Å². The normalized spacial score (nSPS) is 11.7. The summed E-state index contributed by atoms with van der Waals surface area (Å²) in [5.41, 5.74) is 12.3. The van der Waals surface area contributed by atoms with Gasteiger partial charge in [-0.3, -0.25) is 0 Å². The van der Waals surface area contributed by atoms with Gasteiger partial charge in [-0.25, -0.2) is 4.57 Å². The number of nitriles is 1. The van der Waals surface area contributed by atoms with Gasteiger partial charge in [-0.05, 0) is 59.6 Å². The van der Waals surface area contributed by atoms with Crippen LogP contribution in [0.1, 0.15) is 43.0 Å². The molecule has 0 spiro atoms. The molecule has 0 atom stereocenters. The standard InChI is InChI=1S/C38H35N2O/c1-24-7-10-27(11-8-24)28-12-14-29(15-13-28)30-17-18-31-32-16-9-25(2)35(37(32)41-36(31)33(30)23-39)34-21-26(19-20-40(34)6)22-38(3,4)5/h7-21H,22H2,1-6H3/q+1. The molecule has 3 nitrogen and oxygen atoms in total. The first-order valence-corrected chi connectivity index (χ1v) is 14.2. The van der Waals surface area contributed by atoms with Crippen LogP contribution in [0.15, 0.2) is 95.5 Å². The van der Waals surface area contributed by atoms with E-state index in [-0.39, 0.29) is 5.41 Å². The summed E-state index contributed by atoms with van der Waals surface area (Å²) >= 11 is 0. The summed E-state index contributed by atoms with van der Waals surface area (Å²) in [7, 11) is 2.08.